The standard InChI is InChI=1S/C15H13BrN2O/c16-11-7-5-10(6-8-11)14-9-15(19)18-13-4-2-1-3-12(13)17-14/h1-8,14,17H,9H2,(H,18,19). The van der Waals surface area contributed by atoms with Gasteiger partial charge < -0.3 is 10.6 Å². The van der Waals surface area contributed by atoms with Gasteiger partial charge in [-0.25, -0.2) is 0 Å². The van der Waals surface area contributed by atoms with Crippen LogP contribution >= 0.6 is 15.9 Å². The highest BCUT2D eigenvalue weighted by molar-refractivity contribution is 9.10. The van der Waals surface area contributed by atoms with E-state index in [2.05, 4.69) is 26.6 Å². The summed E-state index contributed by atoms with van der Waals surface area (Å²) in [5.74, 6) is 0.0327. The smallest absolute Gasteiger partial charge is 0.226 e. The van der Waals surface area contributed by atoms with Crippen molar-refractivity contribution < 1.29 is 4.79 Å². The van der Waals surface area contributed by atoms with E-state index >= 15 is 0 Å². The molecule has 2 aromatic rings. The van der Waals surface area contributed by atoms with Crippen molar-refractivity contribution in [3.63, 3.8) is 0 Å². The molecule has 2 N–H and O–H groups in total. The van der Waals surface area contributed by atoms with Gasteiger partial charge in [0, 0.05) is 4.47 Å². The van der Waals surface area contributed by atoms with Crippen molar-refractivity contribution in [3.05, 3.63) is 58.6 Å². The van der Waals surface area contributed by atoms with Crippen molar-refractivity contribution in [1.82, 2.24) is 0 Å². The second-order valence-corrected chi connectivity index (χ2v) is 5.46. The lowest BCUT2D eigenvalue weighted by atomic mass is 10.0. The molecule has 2 aromatic carbocycles. The SMILES string of the molecule is O=C1CC(c2ccc(Br)cc2)Nc2ccccc2N1. The summed E-state index contributed by atoms with van der Waals surface area (Å²) in [5.41, 5.74) is 2.91. The van der Waals surface area contributed by atoms with E-state index in [1.54, 1.807) is 0 Å². The topological polar surface area (TPSA) is 41.1 Å². The maximum Gasteiger partial charge on any atom is 0.226 e. The summed E-state index contributed by atoms with van der Waals surface area (Å²) in [6.07, 6.45) is 0.427. The minimum absolute atomic E-state index is 0.00301. The number of rotatable bonds is 1. The molecule has 0 saturated carbocycles. The Morgan fingerprint density at radius 3 is 2.42 bits per heavy atom. The summed E-state index contributed by atoms with van der Waals surface area (Å²) in [6.45, 7) is 0. The van der Waals surface area contributed by atoms with Gasteiger partial charge in [0.15, 0.2) is 0 Å². The number of anilines is 2. The van der Waals surface area contributed by atoms with Gasteiger partial charge in [-0.05, 0) is 29.8 Å². The number of nitrogens with one attached hydrogen (secondary N) is 2. The van der Waals surface area contributed by atoms with Crippen LogP contribution in [0.2, 0.25) is 0 Å². The number of halogens is 1. The van der Waals surface area contributed by atoms with Crippen LogP contribution < -0.4 is 10.6 Å². The predicted octanol–water partition coefficient (Wildman–Crippen LogP) is 3.94. The molecule has 0 radical (unpaired) electrons. The van der Waals surface area contributed by atoms with E-state index in [1.807, 2.05) is 48.5 Å². The Labute approximate surface area is 120 Å². The third-order valence-electron chi connectivity index (χ3n) is 3.19. The highest BCUT2D eigenvalue weighted by Crippen LogP contribution is 2.31. The van der Waals surface area contributed by atoms with Crippen LogP contribution in [0, 0.1) is 0 Å². The van der Waals surface area contributed by atoms with Crippen LogP contribution in [-0.2, 0) is 4.79 Å². The average molecular weight is 317 g/mol. The number of carbonyl (C=O) groups is 1. The minimum atomic E-state index is -0.00301. The average Bonchev–Trinajstić information content (AvgIpc) is 2.57. The summed E-state index contributed by atoms with van der Waals surface area (Å²) < 4.78 is 1.04. The Morgan fingerprint density at radius 1 is 1.00 bits per heavy atom. The van der Waals surface area contributed by atoms with Gasteiger partial charge in [-0.3, -0.25) is 4.79 Å². The van der Waals surface area contributed by atoms with E-state index in [0.29, 0.717) is 6.42 Å². The Morgan fingerprint density at radius 2 is 1.68 bits per heavy atom. The molecule has 0 aliphatic carbocycles. The largest absolute Gasteiger partial charge is 0.376 e. The molecule has 1 heterocycles. The van der Waals surface area contributed by atoms with E-state index in [4.69, 9.17) is 0 Å². The fourth-order valence-corrected chi connectivity index (χ4v) is 2.50. The maximum atomic E-state index is 11.9. The lowest BCUT2D eigenvalue weighted by Crippen LogP contribution is -2.15. The van der Waals surface area contributed by atoms with Crippen LogP contribution in [0.15, 0.2) is 53.0 Å². The molecular formula is C15H13BrN2O. The lowest BCUT2D eigenvalue weighted by Gasteiger charge is -2.17. The van der Waals surface area contributed by atoms with Gasteiger partial charge in [0.05, 0.1) is 23.8 Å². The van der Waals surface area contributed by atoms with E-state index in [0.717, 1.165) is 21.4 Å². The molecule has 0 bridgehead atoms. The van der Waals surface area contributed by atoms with Crippen molar-refractivity contribution in [2.45, 2.75) is 12.5 Å². The number of fused-ring (bicyclic) bond motifs is 1. The molecule has 4 heteroatoms. The molecule has 1 unspecified atom stereocenters. The Kier molecular flexibility index (Phi) is 3.25. The highest BCUT2D eigenvalue weighted by atomic mass is 79.9. The molecule has 1 aliphatic rings. The monoisotopic (exact) mass is 316 g/mol. The molecule has 0 aromatic heterocycles. The first-order valence-electron chi connectivity index (χ1n) is 6.13. The highest BCUT2D eigenvalue weighted by Gasteiger charge is 2.21. The van der Waals surface area contributed by atoms with Gasteiger partial charge in [0.2, 0.25) is 5.91 Å². The van der Waals surface area contributed by atoms with Crippen LogP contribution in [0.1, 0.15) is 18.0 Å². The number of hydrogen-bond acceptors (Lipinski definition) is 2. The zero-order valence-electron chi connectivity index (χ0n) is 10.2. The third-order valence-corrected chi connectivity index (χ3v) is 3.72. The molecule has 3 rings (SSSR count). The molecular weight excluding hydrogens is 304 g/mol. The number of hydrogen-bond donors (Lipinski definition) is 2. The summed E-state index contributed by atoms with van der Waals surface area (Å²) in [4.78, 5) is 11.9. The van der Waals surface area contributed by atoms with Gasteiger partial charge in [0.25, 0.3) is 0 Å². The summed E-state index contributed by atoms with van der Waals surface area (Å²) in [5, 5.41) is 6.35. The molecule has 0 saturated heterocycles. The molecule has 0 spiro atoms. The number of para-hydroxylation sites is 2. The van der Waals surface area contributed by atoms with Gasteiger partial charge in [0.1, 0.15) is 0 Å². The molecule has 1 amide bonds. The molecule has 19 heavy (non-hydrogen) atoms. The van der Waals surface area contributed by atoms with Gasteiger partial charge >= 0.3 is 0 Å². The Bertz CT molecular complexity index is 610. The first kappa shape index (κ1) is 12.2. The first-order valence-corrected chi connectivity index (χ1v) is 6.92. The lowest BCUT2D eigenvalue weighted by molar-refractivity contribution is -0.116. The fraction of sp³-hybridized carbons (Fsp3) is 0.133. The summed E-state index contributed by atoms with van der Waals surface area (Å²) in [7, 11) is 0. The van der Waals surface area contributed by atoms with E-state index in [9.17, 15) is 4.79 Å². The predicted molar refractivity (Wildman–Crippen MR) is 80.2 cm³/mol. The molecule has 96 valence electrons. The van der Waals surface area contributed by atoms with Crippen LogP contribution in [-0.4, -0.2) is 5.91 Å². The molecule has 3 nitrogen and oxygen atoms in total. The quantitative estimate of drug-likeness (QED) is 0.836. The Balaban J connectivity index is 1.95. The zero-order chi connectivity index (χ0) is 13.2. The second kappa shape index (κ2) is 5.05. The number of carbonyl (C=O) groups excluding carboxylic acids is 1. The van der Waals surface area contributed by atoms with Crippen molar-refractivity contribution in [3.8, 4) is 0 Å². The third kappa shape index (κ3) is 2.63. The van der Waals surface area contributed by atoms with Crippen LogP contribution in [0.4, 0.5) is 11.4 Å². The van der Waals surface area contributed by atoms with E-state index < -0.39 is 0 Å². The molecule has 0 fully saturated rings. The van der Waals surface area contributed by atoms with Gasteiger partial charge in [-0.1, -0.05) is 40.2 Å². The summed E-state index contributed by atoms with van der Waals surface area (Å²) in [6, 6.07) is 15.8. The van der Waals surface area contributed by atoms with Crippen molar-refractivity contribution in [2.24, 2.45) is 0 Å². The second-order valence-electron chi connectivity index (χ2n) is 4.55. The van der Waals surface area contributed by atoms with E-state index in [-0.39, 0.29) is 11.9 Å². The van der Waals surface area contributed by atoms with Crippen molar-refractivity contribution in [2.75, 3.05) is 10.6 Å². The van der Waals surface area contributed by atoms with Gasteiger partial charge in [-0.15, -0.1) is 0 Å². The normalized spacial score (nSPS) is 17.9. The zero-order valence-corrected chi connectivity index (χ0v) is 11.8. The first-order chi connectivity index (χ1) is 9.22. The molecule has 1 atom stereocenters. The van der Waals surface area contributed by atoms with E-state index in [1.165, 1.54) is 0 Å². The van der Waals surface area contributed by atoms with Crippen LogP contribution in [0.5, 0.6) is 0 Å². The van der Waals surface area contributed by atoms with Crippen LogP contribution in [0.25, 0.3) is 0 Å². The maximum absolute atomic E-state index is 11.9. The fourth-order valence-electron chi connectivity index (χ4n) is 2.24. The van der Waals surface area contributed by atoms with Crippen molar-refractivity contribution >= 4 is 33.2 Å². The Hall–Kier alpha value is -1.81. The number of benzene rings is 2. The van der Waals surface area contributed by atoms with Crippen molar-refractivity contribution in [1.29, 1.82) is 0 Å². The number of amides is 1. The minimum Gasteiger partial charge on any atom is -0.376 e. The van der Waals surface area contributed by atoms with Crippen LogP contribution in [0.3, 0.4) is 0 Å². The summed E-state index contributed by atoms with van der Waals surface area (Å²) >= 11 is 3.42. The van der Waals surface area contributed by atoms with Gasteiger partial charge in [-0.2, -0.15) is 0 Å². The molecule has 1 aliphatic heterocycles.